The monoisotopic (exact) mass is 308 g/mol. The molecule has 120 valence electrons. The fraction of sp³-hybridized carbons (Fsp3) is 0.350. The van der Waals surface area contributed by atoms with Crippen LogP contribution >= 0.6 is 0 Å². The van der Waals surface area contributed by atoms with E-state index in [-0.39, 0.29) is 6.04 Å². The number of aryl methyl sites for hydroxylation is 1. The van der Waals surface area contributed by atoms with Crippen molar-refractivity contribution in [1.82, 2.24) is 9.88 Å². The largest absolute Gasteiger partial charge is 0.352 e. The Bertz CT molecular complexity index is 832. The fourth-order valence-electron chi connectivity index (χ4n) is 3.17. The lowest BCUT2D eigenvalue weighted by atomic mass is 10.0. The minimum absolute atomic E-state index is 0.0228. The Morgan fingerprint density at radius 3 is 2.52 bits per heavy atom. The maximum atomic E-state index is 10.7. The number of fused-ring (bicyclic) bond motifs is 3. The highest BCUT2D eigenvalue weighted by Crippen LogP contribution is 2.31. The second-order valence-corrected chi connectivity index (χ2v) is 6.63. The summed E-state index contributed by atoms with van der Waals surface area (Å²) in [5.41, 5.74) is 3.70. The van der Waals surface area contributed by atoms with Crippen molar-refractivity contribution in [3.05, 3.63) is 48.0 Å². The van der Waals surface area contributed by atoms with Crippen molar-refractivity contribution >= 4 is 28.2 Å². The number of benzene rings is 2. The van der Waals surface area contributed by atoms with Gasteiger partial charge in [0.05, 0.1) is 6.04 Å². The van der Waals surface area contributed by atoms with E-state index in [9.17, 15) is 4.79 Å². The number of rotatable bonds is 6. The second-order valence-electron chi connectivity index (χ2n) is 6.63. The van der Waals surface area contributed by atoms with Crippen LogP contribution in [-0.2, 0) is 11.3 Å². The molecule has 0 fully saturated rings. The average molecular weight is 308 g/mol. The van der Waals surface area contributed by atoms with Crippen LogP contribution in [0.3, 0.4) is 0 Å². The second kappa shape index (κ2) is 6.45. The van der Waals surface area contributed by atoms with Crippen LogP contribution in [0.15, 0.2) is 42.5 Å². The van der Waals surface area contributed by atoms with Gasteiger partial charge in [-0.05, 0) is 43.0 Å². The number of para-hydroxylation sites is 1. The summed E-state index contributed by atoms with van der Waals surface area (Å²) in [5, 5.41) is 5.38. The van der Waals surface area contributed by atoms with E-state index in [4.69, 9.17) is 0 Å². The molecule has 1 amide bonds. The number of carbonyl (C=O) groups is 1. The third-order valence-corrected chi connectivity index (χ3v) is 4.54. The summed E-state index contributed by atoms with van der Waals surface area (Å²) < 4.78 is 2.42. The molecule has 1 unspecified atom stereocenters. The van der Waals surface area contributed by atoms with Crippen molar-refractivity contribution in [3.8, 4) is 0 Å². The number of hydrogen-bond acceptors (Lipinski definition) is 1. The topological polar surface area (TPSA) is 34.0 Å². The zero-order valence-electron chi connectivity index (χ0n) is 14.0. The molecule has 0 spiro atoms. The van der Waals surface area contributed by atoms with Gasteiger partial charge < -0.3 is 9.88 Å². The summed E-state index contributed by atoms with van der Waals surface area (Å²) in [6, 6.07) is 15.1. The molecule has 0 aliphatic carbocycles. The molecule has 1 heterocycles. The number of carbonyl (C=O) groups excluding carboxylic acids is 1. The molecule has 1 atom stereocenters. The highest BCUT2D eigenvalue weighted by Gasteiger charge is 2.13. The Kier molecular flexibility index (Phi) is 4.37. The lowest BCUT2D eigenvalue weighted by molar-refractivity contribution is -0.110. The highest BCUT2D eigenvalue weighted by atomic mass is 16.1. The maximum Gasteiger partial charge on any atom is 0.207 e. The van der Waals surface area contributed by atoms with E-state index in [1.165, 1.54) is 28.2 Å². The van der Waals surface area contributed by atoms with Gasteiger partial charge >= 0.3 is 0 Å². The van der Waals surface area contributed by atoms with Crippen molar-refractivity contribution < 1.29 is 4.79 Å². The first-order valence-electron chi connectivity index (χ1n) is 8.32. The third-order valence-electron chi connectivity index (χ3n) is 4.54. The Morgan fingerprint density at radius 1 is 1.04 bits per heavy atom. The molecule has 23 heavy (non-hydrogen) atoms. The van der Waals surface area contributed by atoms with E-state index in [0.717, 1.165) is 18.5 Å². The van der Waals surface area contributed by atoms with Crippen LogP contribution in [0.5, 0.6) is 0 Å². The van der Waals surface area contributed by atoms with Crippen molar-refractivity contribution in [2.45, 2.75) is 39.8 Å². The van der Waals surface area contributed by atoms with E-state index < -0.39 is 0 Å². The van der Waals surface area contributed by atoms with Crippen LogP contribution in [0.4, 0.5) is 0 Å². The summed E-state index contributed by atoms with van der Waals surface area (Å²) >= 11 is 0. The van der Waals surface area contributed by atoms with Gasteiger partial charge in [0.1, 0.15) is 0 Å². The van der Waals surface area contributed by atoms with Gasteiger partial charge in [-0.1, -0.05) is 38.1 Å². The first-order chi connectivity index (χ1) is 11.1. The lowest BCUT2D eigenvalue weighted by Crippen LogP contribution is -2.15. The van der Waals surface area contributed by atoms with Crippen LogP contribution in [-0.4, -0.2) is 11.0 Å². The number of aromatic nitrogens is 1. The van der Waals surface area contributed by atoms with E-state index in [2.05, 4.69) is 66.2 Å². The van der Waals surface area contributed by atoms with Crippen molar-refractivity contribution in [2.24, 2.45) is 5.92 Å². The van der Waals surface area contributed by atoms with Crippen molar-refractivity contribution in [2.75, 3.05) is 0 Å². The first kappa shape index (κ1) is 15.6. The van der Waals surface area contributed by atoms with Crippen LogP contribution < -0.4 is 5.32 Å². The molecule has 0 radical (unpaired) electrons. The maximum absolute atomic E-state index is 10.7. The van der Waals surface area contributed by atoms with Crippen LogP contribution in [0.25, 0.3) is 21.8 Å². The van der Waals surface area contributed by atoms with Gasteiger partial charge in [-0.15, -0.1) is 0 Å². The smallest absolute Gasteiger partial charge is 0.207 e. The Hall–Kier alpha value is -2.29. The summed E-state index contributed by atoms with van der Waals surface area (Å²) in [5.74, 6) is 0.683. The molecule has 0 saturated heterocycles. The summed E-state index contributed by atoms with van der Waals surface area (Å²) in [7, 11) is 0. The van der Waals surface area contributed by atoms with Crippen molar-refractivity contribution in [3.63, 3.8) is 0 Å². The summed E-state index contributed by atoms with van der Waals surface area (Å²) in [6.07, 6.45) is 1.93. The van der Waals surface area contributed by atoms with Gasteiger partial charge in [-0.2, -0.15) is 0 Å². The third kappa shape index (κ3) is 2.96. The van der Waals surface area contributed by atoms with Gasteiger partial charge in [0.2, 0.25) is 6.41 Å². The van der Waals surface area contributed by atoms with E-state index in [1.807, 2.05) is 6.92 Å². The quantitative estimate of drug-likeness (QED) is 0.661. The molecule has 0 saturated carbocycles. The fourth-order valence-corrected chi connectivity index (χ4v) is 3.17. The van der Waals surface area contributed by atoms with Crippen molar-refractivity contribution in [1.29, 1.82) is 0 Å². The van der Waals surface area contributed by atoms with Gasteiger partial charge in [0, 0.05) is 28.4 Å². The molecule has 1 N–H and O–H groups in total. The molecular weight excluding hydrogens is 284 g/mol. The SMILES string of the molecule is CC(C)CCn1c2ccccc2c2cc(C(C)NC=O)ccc21. The van der Waals surface area contributed by atoms with Crippen LogP contribution in [0.2, 0.25) is 0 Å². The predicted octanol–water partition coefficient (Wildman–Crippen LogP) is 4.65. The predicted molar refractivity (Wildman–Crippen MR) is 96.5 cm³/mol. The highest BCUT2D eigenvalue weighted by molar-refractivity contribution is 6.08. The Balaban J connectivity index is 2.16. The number of hydrogen-bond donors (Lipinski definition) is 1. The summed E-state index contributed by atoms with van der Waals surface area (Å²) in [4.78, 5) is 10.7. The number of amides is 1. The van der Waals surface area contributed by atoms with Gasteiger partial charge in [0.15, 0.2) is 0 Å². The molecule has 3 nitrogen and oxygen atoms in total. The Labute approximate surface area is 137 Å². The summed E-state index contributed by atoms with van der Waals surface area (Å²) in [6.45, 7) is 7.56. The van der Waals surface area contributed by atoms with E-state index in [1.54, 1.807) is 0 Å². The molecule has 1 aromatic heterocycles. The average Bonchev–Trinajstić information content (AvgIpc) is 2.86. The van der Waals surface area contributed by atoms with E-state index in [0.29, 0.717) is 5.92 Å². The normalized spacial score (nSPS) is 12.9. The molecule has 0 aliphatic heterocycles. The minimum atomic E-state index is 0.0228. The van der Waals surface area contributed by atoms with E-state index >= 15 is 0 Å². The lowest BCUT2D eigenvalue weighted by Gasteiger charge is -2.12. The number of nitrogens with one attached hydrogen (secondary N) is 1. The van der Waals surface area contributed by atoms with Crippen LogP contribution in [0.1, 0.15) is 38.8 Å². The molecule has 0 aliphatic rings. The minimum Gasteiger partial charge on any atom is -0.352 e. The first-order valence-corrected chi connectivity index (χ1v) is 8.32. The van der Waals surface area contributed by atoms with Crippen LogP contribution in [0, 0.1) is 5.92 Å². The zero-order valence-corrected chi connectivity index (χ0v) is 14.0. The Morgan fingerprint density at radius 2 is 1.78 bits per heavy atom. The standard InChI is InChI=1S/C20H24N2O/c1-14(2)10-11-22-19-7-5-4-6-17(19)18-12-16(8-9-20(18)22)15(3)21-13-23/h4-9,12-15H,10-11H2,1-3H3,(H,21,23). The zero-order chi connectivity index (χ0) is 16.4. The molecule has 3 aromatic rings. The number of nitrogens with zero attached hydrogens (tertiary/aromatic N) is 1. The van der Waals surface area contributed by atoms with Gasteiger partial charge in [-0.3, -0.25) is 4.79 Å². The molecule has 3 rings (SSSR count). The van der Waals surface area contributed by atoms with Gasteiger partial charge in [0.25, 0.3) is 0 Å². The van der Waals surface area contributed by atoms with Gasteiger partial charge in [-0.25, -0.2) is 0 Å². The molecule has 2 aromatic carbocycles. The molecule has 0 bridgehead atoms. The molecular formula is C20H24N2O. The molecule has 3 heteroatoms.